The summed E-state index contributed by atoms with van der Waals surface area (Å²) in [6, 6.07) is 10.6. The first kappa shape index (κ1) is 14.1. The van der Waals surface area contributed by atoms with E-state index in [9.17, 15) is 4.79 Å². The van der Waals surface area contributed by atoms with Crippen molar-refractivity contribution in [3.05, 3.63) is 35.9 Å². The van der Waals surface area contributed by atoms with Crippen LogP contribution in [0.1, 0.15) is 38.7 Å². The topological polar surface area (TPSA) is 32.3 Å². The van der Waals surface area contributed by atoms with Gasteiger partial charge in [-0.15, -0.1) is 0 Å². The number of nitrogens with zero attached hydrogens (tertiary/aromatic N) is 1. The van der Waals surface area contributed by atoms with Crippen LogP contribution >= 0.6 is 0 Å². The number of amides is 1. The lowest BCUT2D eigenvalue weighted by Gasteiger charge is -2.31. The minimum atomic E-state index is 0.0257. The molecule has 0 aliphatic carbocycles. The van der Waals surface area contributed by atoms with E-state index in [0.29, 0.717) is 6.54 Å². The predicted octanol–water partition coefficient (Wildman–Crippen LogP) is 2.57. The van der Waals surface area contributed by atoms with Crippen LogP contribution in [0.25, 0.3) is 0 Å². The molecule has 0 spiro atoms. The Kier molecular flexibility index (Phi) is 4.97. The van der Waals surface area contributed by atoms with E-state index in [4.69, 9.17) is 0 Å². The SMILES string of the molecule is CCC(C)N(Cc1ccccc1)C(=O)C1CCCN1. The van der Waals surface area contributed by atoms with Crippen LogP contribution in [0.4, 0.5) is 0 Å². The Bertz CT molecular complexity index is 398. The van der Waals surface area contributed by atoms with Gasteiger partial charge in [0.25, 0.3) is 0 Å². The summed E-state index contributed by atoms with van der Waals surface area (Å²) in [5.74, 6) is 0.260. The van der Waals surface area contributed by atoms with Crippen molar-refractivity contribution < 1.29 is 4.79 Å². The third-order valence-electron chi connectivity index (χ3n) is 3.96. The second-order valence-electron chi connectivity index (χ2n) is 5.36. The van der Waals surface area contributed by atoms with Gasteiger partial charge < -0.3 is 10.2 Å². The summed E-state index contributed by atoms with van der Waals surface area (Å²) in [7, 11) is 0. The van der Waals surface area contributed by atoms with Crippen LogP contribution in [-0.2, 0) is 11.3 Å². The maximum Gasteiger partial charge on any atom is 0.240 e. The van der Waals surface area contributed by atoms with Gasteiger partial charge in [-0.2, -0.15) is 0 Å². The van der Waals surface area contributed by atoms with Crippen LogP contribution in [-0.4, -0.2) is 29.4 Å². The third kappa shape index (κ3) is 3.57. The van der Waals surface area contributed by atoms with Crippen molar-refractivity contribution in [2.45, 2.75) is 51.7 Å². The van der Waals surface area contributed by atoms with Crippen molar-refractivity contribution in [3.63, 3.8) is 0 Å². The van der Waals surface area contributed by atoms with Gasteiger partial charge in [0, 0.05) is 12.6 Å². The molecule has 2 rings (SSSR count). The van der Waals surface area contributed by atoms with Gasteiger partial charge >= 0.3 is 0 Å². The van der Waals surface area contributed by atoms with Gasteiger partial charge in [0.1, 0.15) is 0 Å². The highest BCUT2D eigenvalue weighted by Gasteiger charge is 2.28. The molecule has 1 saturated heterocycles. The van der Waals surface area contributed by atoms with Crippen molar-refractivity contribution in [1.29, 1.82) is 0 Å². The van der Waals surface area contributed by atoms with Crippen molar-refractivity contribution in [2.24, 2.45) is 0 Å². The molecule has 3 heteroatoms. The highest BCUT2D eigenvalue weighted by Crippen LogP contribution is 2.16. The number of carbonyl (C=O) groups is 1. The lowest BCUT2D eigenvalue weighted by atomic mass is 10.1. The molecule has 1 aliphatic rings. The number of hydrogen-bond acceptors (Lipinski definition) is 2. The summed E-state index contributed by atoms with van der Waals surface area (Å²) in [4.78, 5) is 14.6. The van der Waals surface area contributed by atoms with Gasteiger partial charge in [-0.05, 0) is 38.3 Å². The molecule has 0 saturated carbocycles. The van der Waals surface area contributed by atoms with E-state index in [1.807, 2.05) is 23.1 Å². The van der Waals surface area contributed by atoms with Crippen LogP contribution < -0.4 is 5.32 Å². The average molecular weight is 260 g/mol. The van der Waals surface area contributed by atoms with Gasteiger partial charge in [-0.1, -0.05) is 37.3 Å². The van der Waals surface area contributed by atoms with E-state index in [0.717, 1.165) is 25.8 Å². The maximum atomic E-state index is 12.6. The molecule has 1 aliphatic heterocycles. The largest absolute Gasteiger partial charge is 0.334 e. The molecule has 0 radical (unpaired) electrons. The van der Waals surface area contributed by atoms with Crippen LogP contribution in [0.15, 0.2) is 30.3 Å². The highest BCUT2D eigenvalue weighted by atomic mass is 16.2. The summed E-state index contributed by atoms with van der Waals surface area (Å²) >= 11 is 0. The molecule has 2 unspecified atom stereocenters. The zero-order valence-corrected chi connectivity index (χ0v) is 11.9. The van der Waals surface area contributed by atoms with E-state index in [-0.39, 0.29) is 18.0 Å². The molecule has 1 aromatic carbocycles. The molecule has 1 N–H and O–H groups in total. The summed E-state index contributed by atoms with van der Waals surface area (Å²) in [6.07, 6.45) is 3.07. The Morgan fingerprint density at radius 1 is 1.42 bits per heavy atom. The molecule has 1 amide bonds. The van der Waals surface area contributed by atoms with Gasteiger partial charge in [0.05, 0.1) is 6.04 Å². The minimum Gasteiger partial charge on any atom is -0.334 e. The van der Waals surface area contributed by atoms with Gasteiger partial charge in [0.15, 0.2) is 0 Å². The van der Waals surface area contributed by atoms with Crippen molar-refractivity contribution >= 4 is 5.91 Å². The smallest absolute Gasteiger partial charge is 0.240 e. The first-order valence-electron chi connectivity index (χ1n) is 7.30. The standard InChI is InChI=1S/C16H24N2O/c1-3-13(2)18(12-14-8-5-4-6-9-14)16(19)15-10-7-11-17-15/h4-6,8-9,13,15,17H,3,7,10-12H2,1-2H3. The molecule has 3 nitrogen and oxygen atoms in total. The summed E-state index contributed by atoms with van der Waals surface area (Å²) in [5.41, 5.74) is 1.20. The number of benzene rings is 1. The van der Waals surface area contributed by atoms with E-state index in [1.165, 1.54) is 5.56 Å². The summed E-state index contributed by atoms with van der Waals surface area (Å²) < 4.78 is 0. The predicted molar refractivity (Wildman–Crippen MR) is 77.8 cm³/mol. The van der Waals surface area contributed by atoms with Crippen molar-refractivity contribution in [3.8, 4) is 0 Å². The Morgan fingerprint density at radius 2 is 2.16 bits per heavy atom. The lowest BCUT2D eigenvalue weighted by molar-refractivity contribution is -0.135. The molecule has 1 heterocycles. The summed E-state index contributed by atoms with van der Waals surface area (Å²) in [5, 5.41) is 3.31. The van der Waals surface area contributed by atoms with Crippen LogP contribution in [0.3, 0.4) is 0 Å². The fourth-order valence-electron chi connectivity index (χ4n) is 2.55. The molecule has 1 aromatic rings. The molecule has 1 fully saturated rings. The zero-order chi connectivity index (χ0) is 13.7. The number of carbonyl (C=O) groups excluding carboxylic acids is 1. The van der Waals surface area contributed by atoms with E-state index >= 15 is 0 Å². The maximum absolute atomic E-state index is 12.6. The normalized spacial score (nSPS) is 20.2. The zero-order valence-electron chi connectivity index (χ0n) is 11.9. The second kappa shape index (κ2) is 6.71. The van der Waals surface area contributed by atoms with Crippen molar-refractivity contribution in [2.75, 3.05) is 6.54 Å². The Morgan fingerprint density at radius 3 is 2.74 bits per heavy atom. The van der Waals surface area contributed by atoms with E-state index in [2.05, 4.69) is 31.3 Å². The summed E-state index contributed by atoms with van der Waals surface area (Å²) in [6.45, 7) is 5.96. The number of rotatable bonds is 5. The molecule has 19 heavy (non-hydrogen) atoms. The van der Waals surface area contributed by atoms with Crippen LogP contribution in [0, 0.1) is 0 Å². The average Bonchev–Trinajstić information content (AvgIpc) is 2.98. The van der Waals surface area contributed by atoms with E-state index in [1.54, 1.807) is 0 Å². The quantitative estimate of drug-likeness (QED) is 0.882. The number of hydrogen-bond donors (Lipinski definition) is 1. The van der Waals surface area contributed by atoms with E-state index < -0.39 is 0 Å². The molecule has 0 aromatic heterocycles. The minimum absolute atomic E-state index is 0.0257. The fourth-order valence-corrected chi connectivity index (χ4v) is 2.55. The molecular weight excluding hydrogens is 236 g/mol. The molecular formula is C16H24N2O. The van der Waals surface area contributed by atoms with Gasteiger partial charge in [-0.3, -0.25) is 4.79 Å². The third-order valence-corrected chi connectivity index (χ3v) is 3.96. The van der Waals surface area contributed by atoms with Gasteiger partial charge in [-0.25, -0.2) is 0 Å². The fraction of sp³-hybridized carbons (Fsp3) is 0.562. The molecule has 0 bridgehead atoms. The molecule has 104 valence electrons. The van der Waals surface area contributed by atoms with Gasteiger partial charge in [0.2, 0.25) is 5.91 Å². The molecule has 2 atom stereocenters. The highest BCUT2D eigenvalue weighted by molar-refractivity contribution is 5.82. The Labute approximate surface area is 116 Å². The Balaban J connectivity index is 2.09. The lowest BCUT2D eigenvalue weighted by Crippen LogP contribution is -2.47. The van der Waals surface area contributed by atoms with Crippen LogP contribution in [0.2, 0.25) is 0 Å². The second-order valence-corrected chi connectivity index (χ2v) is 5.36. The first-order chi connectivity index (χ1) is 9.22. The van der Waals surface area contributed by atoms with Crippen molar-refractivity contribution in [1.82, 2.24) is 10.2 Å². The van der Waals surface area contributed by atoms with Crippen LogP contribution in [0.5, 0.6) is 0 Å². The Hall–Kier alpha value is -1.35. The number of nitrogens with one attached hydrogen (secondary N) is 1. The monoisotopic (exact) mass is 260 g/mol. The first-order valence-corrected chi connectivity index (χ1v) is 7.30.